The molecule has 1 aromatic heterocycles. The molecule has 0 bridgehead atoms. The zero-order valence-electron chi connectivity index (χ0n) is 13.9. The van der Waals surface area contributed by atoms with Crippen molar-refractivity contribution in [3.63, 3.8) is 0 Å². The molecule has 0 aliphatic rings. The number of rotatable bonds is 6. The number of benzene rings is 2. The van der Waals surface area contributed by atoms with E-state index in [1.54, 1.807) is 19.2 Å². The number of aryl methyl sites for hydroxylation is 1. The fourth-order valence-electron chi connectivity index (χ4n) is 2.44. The normalized spacial score (nSPS) is 11.0. The number of carbonyl (C=O) groups excluding carboxylic acids is 1. The Morgan fingerprint density at radius 1 is 1.35 bits per heavy atom. The number of aromatic nitrogens is 1. The Kier molecular flexibility index (Phi) is 4.93. The third-order valence-electron chi connectivity index (χ3n) is 3.68. The summed E-state index contributed by atoms with van der Waals surface area (Å²) in [5, 5.41) is 15.9. The van der Waals surface area contributed by atoms with Gasteiger partial charge in [-0.3, -0.25) is 14.9 Å². The van der Waals surface area contributed by atoms with Crippen LogP contribution in [0.1, 0.15) is 11.1 Å². The number of para-hydroxylation sites is 1. The van der Waals surface area contributed by atoms with Crippen molar-refractivity contribution in [3.8, 4) is 5.75 Å². The smallest absolute Gasteiger partial charge is 0.311 e. The number of carbonyl (C=O) groups is 1. The minimum absolute atomic E-state index is 0.0383. The molecule has 2 aromatic carbocycles. The average Bonchev–Trinajstić information content (AvgIpc) is 3.04. The monoisotopic (exact) mass is 352 g/mol. The van der Waals surface area contributed by atoms with Gasteiger partial charge in [-0.2, -0.15) is 5.10 Å². The van der Waals surface area contributed by atoms with Crippen molar-refractivity contribution in [1.29, 1.82) is 0 Å². The molecule has 8 heteroatoms. The number of nitrogens with zero attached hydrogens (tertiary/aromatic N) is 2. The van der Waals surface area contributed by atoms with Crippen molar-refractivity contribution in [2.24, 2.45) is 5.10 Å². The summed E-state index contributed by atoms with van der Waals surface area (Å²) in [5.74, 6) is -0.479. The molecule has 1 amide bonds. The van der Waals surface area contributed by atoms with Crippen molar-refractivity contribution in [2.75, 3.05) is 6.61 Å². The van der Waals surface area contributed by atoms with E-state index in [1.165, 1.54) is 18.3 Å². The van der Waals surface area contributed by atoms with Crippen molar-refractivity contribution in [2.45, 2.75) is 6.92 Å². The van der Waals surface area contributed by atoms with Crippen molar-refractivity contribution >= 4 is 28.7 Å². The third-order valence-corrected chi connectivity index (χ3v) is 3.68. The summed E-state index contributed by atoms with van der Waals surface area (Å²) in [6, 6.07) is 12.2. The minimum atomic E-state index is -0.546. The molecule has 3 aromatic rings. The van der Waals surface area contributed by atoms with Crippen LogP contribution in [0.3, 0.4) is 0 Å². The maximum atomic E-state index is 11.8. The van der Waals surface area contributed by atoms with Crippen LogP contribution < -0.4 is 10.2 Å². The molecule has 0 aliphatic carbocycles. The summed E-state index contributed by atoms with van der Waals surface area (Å²) >= 11 is 0. The number of hydrogen-bond donors (Lipinski definition) is 2. The Morgan fingerprint density at radius 3 is 2.96 bits per heavy atom. The van der Waals surface area contributed by atoms with Gasteiger partial charge in [-0.05, 0) is 24.6 Å². The van der Waals surface area contributed by atoms with Crippen molar-refractivity contribution in [3.05, 3.63) is 69.9 Å². The minimum Gasteiger partial charge on any atom is -0.477 e. The van der Waals surface area contributed by atoms with Crippen LogP contribution in [-0.2, 0) is 4.79 Å². The van der Waals surface area contributed by atoms with Crippen LogP contribution >= 0.6 is 0 Å². The largest absolute Gasteiger partial charge is 0.477 e. The van der Waals surface area contributed by atoms with Gasteiger partial charge in [0.05, 0.1) is 11.1 Å². The number of hydrogen-bond acceptors (Lipinski definition) is 5. The first kappa shape index (κ1) is 17.2. The quantitative estimate of drug-likeness (QED) is 0.404. The van der Waals surface area contributed by atoms with Crippen molar-refractivity contribution in [1.82, 2.24) is 10.4 Å². The van der Waals surface area contributed by atoms with Gasteiger partial charge in [0, 0.05) is 28.7 Å². The van der Waals surface area contributed by atoms with E-state index < -0.39 is 10.8 Å². The highest BCUT2D eigenvalue weighted by Gasteiger charge is 2.16. The fourth-order valence-corrected chi connectivity index (χ4v) is 2.44. The molecular weight excluding hydrogens is 336 g/mol. The standard InChI is InChI=1S/C18H16N4O4/c1-12-6-7-17(16(8-12)22(24)25)26-11-18(23)21-20-10-13-9-19-15-5-3-2-4-14(13)15/h2-10,19H,11H2,1H3,(H,21,23)/b20-10+. The van der Waals surface area contributed by atoms with Gasteiger partial charge in [0.1, 0.15) is 0 Å². The van der Waals surface area contributed by atoms with Gasteiger partial charge in [0.25, 0.3) is 5.91 Å². The molecule has 0 aliphatic heterocycles. The molecule has 26 heavy (non-hydrogen) atoms. The van der Waals surface area contributed by atoms with Crippen LogP contribution in [0, 0.1) is 17.0 Å². The predicted molar refractivity (Wildman–Crippen MR) is 97.4 cm³/mol. The molecule has 0 unspecified atom stereocenters. The number of fused-ring (bicyclic) bond motifs is 1. The van der Waals surface area contributed by atoms with E-state index in [4.69, 9.17) is 4.74 Å². The van der Waals surface area contributed by atoms with Crippen LogP contribution in [-0.4, -0.2) is 28.6 Å². The molecule has 0 radical (unpaired) electrons. The van der Waals surface area contributed by atoms with Crippen LogP contribution in [0.5, 0.6) is 5.75 Å². The Labute approximate surface area is 148 Å². The second kappa shape index (κ2) is 7.47. The number of nitro groups is 1. The first-order valence-electron chi connectivity index (χ1n) is 7.80. The molecule has 0 spiro atoms. The second-order valence-electron chi connectivity index (χ2n) is 5.60. The highest BCUT2D eigenvalue weighted by molar-refractivity contribution is 5.99. The lowest BCUT2D eigenvalue weighted by atomic mass is 10.2. The summed E-state index contributed by atoms with van der Waals surface area (Å²) in [7, 11) is 0. The summed E-state index contributed by atoms with van der Waals surface area (Å²) < 4.78 is 5.24. The molecule has 3 rings (SSSR count). The summed E-state index contributed by atoms with van der Waals surface area (Å²) in [6.45, 7) is 1.36. The van der Waals surface area contributed by atoms with Gasteiger partial charge in [-0.15, -0.1) is 0 Å². The van der Waals surface area contributed by atoms with Gasteiger partial charge in [0.15, 0.2) is 12.4 Å². The van der Waals surface area contributed by atoms with Gasteiger partial charge in [-0.25, -0.2) is 5.43 Å². The highest BCUT2D eigenvalue weighted by Crippen LogP contribution is 2.27. The fraction of sp³-hybridized carbons (Fsp3) is 0.111. The van der Waals surface area contributed by atoms with Gasteiger partial charge in [-0.1, -0.05) is 24.3 Å². The molecule has 8 nitrogen and oxygen atoms in total. The predicted octanol–water partition coefficient (Wildman–Crippen LogP) is 2.91. The van der Waals surface area contributed by atoms with Crippen molar-refractivity contribution < 1.29 is 14.5 Å². The highest BCUT2D eigenvalue weighted by atomic mass is 16.6. The lowest BCUT2D eigenvalue weighted by Gasteiger charge is -2.06. The molecule has 2 N–H and O–H groups in total. The van der Waals surface area contributed by atoms with E-state index in [-0.39, 0.29) is 18.0 Å². The maximum Gasteiger partial charge on any atom is 0.311 e. The van der Waals surface area contributed by atoms with Gasteiger partial charge >= 0.3 is 5.69 Å². The lowest BCUT2D eigenvalue weighted by molar-refractivity contribution is -0.385. The Bertz CT molecular complexity index is 994. The van der Waals surface area contributed by atoms with E-state index in [2.05, 4.69) is 15.5 Å². The molecular formula is C18H16N4O4. The molecule has 0 atom stereocenters. The van der Waals surface area contributed by atoms with Gasteiger partial charge < -0.3 is 9.72 Å². The zero-order valence-corrected chi connectivity index (χ0v) is 13.9. The first-order chi connectivity index (χ1) is 12.5. The molecule has 0 fully saturated rings. The Hall–Kier alpha value is -3.68. The van der Waals surface area contributed by atoms with Crippen LogP contribution in [0.25, 0.3) is 10.9 Å². The number of H-pyrrole nitrogens is 1. The van der Waals surface area contributed by atoms with Gasteiger partial charge in [0.2, 0.25) is 0 Å². The van der Waals surface area contributed by atoms with E-state index in [0.29, 0.717) is 0 Å². The number of nitrogens with one attached hydrogen (secondary N) is 2. The number of aromatic amines is 1. The molecule has 132 valence electrons. The zero-order chi connectivity index (χ0) is 18.5. The third kappa shape index (κ3) is 3.86. The van der Waals surface area contributed by atoms with Crippen LogP contribution in [0.2, 0.25) is 0 Å². The molecule has 0 saturated carbocycles. The topological polar surface area (TPSA) is 110 Å². The Morgan fingerprint density at radius 2 is 2.15 bits per heavy atom. The SMILES string of the molecule is Cc1ccc(OCC(=O)N/N=C/c2c[nH]c3ccccc23)c([N+](=O)[O-])c1. The maximum absolute atomic E-state index is 11.8. The lowest BCUT2D eigenvalue weighted by Crippen LogP contribution is -2.24. The molecule has 0 saturated heterocycles. The number of hydrazone groups is 1. The first-order valence-corrected chi connectivity index (χ1v) is 7.80. The van der Waals surface area contributed by atoms with E-state index >= 15 is 0 Å². The summed E-state index contributed by atoms with van der Waals surface area (Å²) in [6.07, 6.45) is 3.30. The van der Waals surface area contributed by atoms with E-state index in [9.17, 15) is 14.9 Å². The number of ether oxygens (including phenoxy) is 1. The Balaban J connectivity index is 1.59. The molecule has 1 heterocycles. The summed E-state index contributed by atoms with van der Waals surface area (Å²) in [4.78, 5) is 25.4. The van der Waals surface area contributed by atoms with Crippen LogP contribution in [0.4, 0.5) is 5.69 Å². The van der Waals surface area contributed by atoms with E-state index in [0.717, 1.165) is 22.0 Å². The van der Waals surface area contributed by atoms with Crippen LogP contribution in [0.15, 0.2) is 53.8 Å². The second-order valence-corrected chi connectivity index (χ2v) is 5.60. The average molecular weight is 352 g/mol. The number of nitro benzene ring substituents is 1. The number of amides is 1. The van der Waals surface area contributed by atoms with E-state index in [1.807, 2.05) is 24.3 Å². The summed E-state index contributed by atoms with van der Waals surface area (Å²) in [5.41, 5.74) is 4.69.